The minimum atomic E-state index is 0.872. The van der Waals surface area contributed by atoms with E-state index in [1.807, 2.05) is 0 Å². The first-order valence-corrected chi connectivity index (χ1v) is 4.95. The number of hydrogen-bond acceptors (Lipinski definition) is 1. The standard InChI is InChI=1S/C10H17N/c1-7-9-5-8(11(7)2)6-10(9)3-4-10/h7-9H,3-6H2,1-2H3/t7-,8?,9?/m1/s1. The Labute approximate surface area is 68.8 Å². The van der Waals surface area contributed by atoms with Crippen LogP contribution in [0.5, 0.6) is 0 Å². The average molecular weight is 151 g/mol. The molecule has 1 nitrogen and oxygen atoms in total. The van der Waals surface area contributed by atoms with Crippen LogP contribution in [0.15, 0.2) is 0 Å². The van der Waals surface area contributed by atoms with Gasteiger partial charge in [-0.25, -0.2) is 0 Å². The summed E-state index contributed by atoms with van der Waals surface area (Å²) in [6.07, 6.45) is 6.13. The van der Waals surface area contributed by atoms with Gasteiger partial charge in [0.05, 0.1) is 0 Å². The summed E-state index contributed by atoms with van der Waals surface area (Å²) in [6.45, 7) is 2.42. The van der Waals surface area contributed by atoms with Crippen LogP contribution in [0.25, 0.3) is 0 Å². The minimum absolute atomic E-state index is 0.872. The van der Waals surface area contributed by atoms with Gasteiger partial charge >= 0.3 is 0 Å². The zero-order valence-electron chi connectivity index (χ0n) is 7.51. The second-order valence-corrected chi connectivity index (χ2v) is 4.97. The number of fused-ring (bicyclic) bond motifs is 3. The summed E-state index contributed by atoms with van der Waals surface area (Å²) in [5.41, 5.74) is 0.872. The molecule has 2 unspecified atom stereocenters. The van der Waals surface area contributed by atoms with Gasteiger partial charge in [0.25, 0.3) is 0 Å². The van der Waals surface area contributed by atoms with Crippen LogP contribution in [-0.4, -0.2) is 24.0 Å². The van der Waals surface area contributed by atoms with Crippen LogP contribution < -0.4 is 0 Å². The Bertz CT molecular complexity index is 193. The van der Waals surface area contributed by atoms with Crippen molar-refractivity contribution in [2.24, 2.45) is 11.3 Å². The molecule has 2 aliphatic carbocycles. The van der Waals surface area contributed by atoms with Gasteiger partial charge in [0, 0.05) is 12.1 Å². The van der Waals surface area contributed by atoms with Crippen LogP contribution in [0.3, 0.4) is 0 Å². The molecule has 1 heteroatoms. The van der Waals surface area contributed by atoms with Crippen molar-refractivity contribution >= 4 is 0 Å². The molecule has 3 atom stereocenters. The molecule has 0 aromatic rings. The van der Waals surface area contributed by atoms with Gasteiger partial charge in [-0.05, 0) is 51.0 Å². The van der Waals surface area contributed by atoms with Gasteiger partial charge in [-0.15, -0.1) is 0 Å². The maximum atomic E-state index is 2.61. The van der Waals surface area contributed by atoms with Gasteiger partial charge in [-0.1, -0.05) is 0 Å². The van der Waals surface area contributed by atoms with Gasteiger partial charge in [0.1, 0.15) is 0 Å². The average Bonchev–Trinajstić information content (AvgIpc) is 2.53. The van der Waals surface area contributed by atoms with Crippen LogP contribution >= 0.6 is 0 Å². The second-order valence-electron chi connectivity index (χ2n) is 4.97. The van der Waals surface area contributed by atoms with Gasteiger partial charge in [0.2, 0.25) is 0 Å². The van der Waals surface area contributed by atoms with Crippen molar-refractivity contribution in [3.8, 4) is 0 Å². The largest absolute Gasteiger partial charge is 0.300 e. The smallest absolute Gasteiger partial charge is 0.0104 e. The highest BCUT2D eigenvalue weighted by molar-refractivity contribution is 5.14. The summed E-state index contributed by atoms with van der Waals surface area (Å²) in [5.74, 6) is 1.07. The van der Waals surface area contributed by atoms with Crippen molar-refractivity contribution in [2.75, 3.05) is 7.05 Å². The first kappa shape index (κ1) is 6.47. The summed E-state index contributed by atoms with van der Waals surface area (Å²) in [4.78, 5) is 2.61. The molecular formula is C10H17N. The maximum absolute atomic E-state index is 2.61. The van der Waals surface area contributed by atoms with E-state index >= 15 is 0 Å². The third-order valence-corrected chi connectivity index (χ3v) is 4.65. The molecule has 2 saturated carbocycles. The van der Waals surface area contributed by atoms with E-state index in [1.54, 1.807) is 12.8 Å². The van der Waals surface area contributed by atoms with Crippen LogP contribution in [0.1, 0.15) is 32.6 Å². The fourth-order valence-electron chi connectivity index (χ4n) is 3.62. The summed E-state index contributed by atoms with van der Waals surface area (Å²) >= 11 is 0. The number of likely N-dealkylation sites (tertiary alicyclic amines) is 1. The zero-order chi connectivity index (χ0) is 7.64. The van der Waals surface area contributed by atoms with Crippen molar-refractivity contribution in [3.05, 3.63) is 0 Å². The molecule has 1 spiro atoms. The molecule has 1 aliphatic heterocycles. The zero-order valence-corrected chi connectivity index (χ0v) is 7.51. The van der Waals surface area contributed by atoms with E-state index < -0.39 is 0 Å². The molecule has 11 heavy (non-hydrogen) atoms. The number of hydrogen-bond donors (Lipinski definition) is 0. The summed E-state index contributed by atoms with van der Waals surface area (Å²) < 4.78 is 0. The molecule has 1 heterocycles. The van der Waals surface area contributed by atoms with Crippen molar-refractivity contribution < 1.29 is 0 Å². The molecule has 3 aliphatic rings. The van der Waals surface area contributed by atoms with E-state index in [0.29, 0.717) is 0 Å². The fraction of sp³-hybridized carbons (Fsp3) is 1.00. The third-order valence-electron chi connectivity index (χ3n) is 4.65. The number of piperidine rings is 1. The van der Waals surface area contributed by atoms with E-state index in [9.17, 15) is 0 Å². The molecule has 3 rings (SSSR count). The second kappa shape index (κ2) is 1.66. The quantitative estimate of drug-likeness (QED) is 0.511. The highest BCUT2D eigenvalue weighted by Crippen LogP contribution is 2.66. The first-order valence-electron chi connectivity index (χ1n) is 4.95. The Morgan fingerprint density at radius 3 is 2.55 bits per heavy atom. The summed E-state index contributed by atoms with van der Waals surface area (Å²) in [6, 6.07) is 1.84. The van der Waals surface area contributed by atoms with Crippen LogP contribution in [0.2, 0.25) is 0 Å². The highest BCUT2D eigenvalue weighted by Gasteiger charge is 2.62. The van der Waals surface area contributed by atoms with Crippen molar-refractivity contribution in [3.63, 3.8) is 0 Å². The molecule has 1 saturated heterocycles. The van der Waals surface area contributed by atoms with E-state index in [-0.39, 0.29) is 0 Å². The molecule has 0 N–H and O–H groups in total. The molecule has 62 valence electrons. The topological polar surface area (TPSA) is 3.24 Å². The van der Waals surface area contributed by atoms with Gasteiger partial charge in [0.15, 0.2) is 0 Å². The molecule has 0 radical (unpaired) electrons. The Hall–Kier alpha value is -0.0400. The van der Waals surface area contributed by atoms with E-state index in [1.165, 1.54) is 12.8 Å². The Kier molecular flexibility index (Phi) is 0.976. The normalized spacial score (nSPS) is 52.4. The lowest BCUT2D eigenvalue weighted by Crippen LogP contribution is -2.39. The summed E-state index contributed by atoms with van der Waals surface area (Å²) in [7, 11) is 2.31. The predicted octanol–water partition coefficient (Wildman–Crippen LogP) is 1.88. The van der Waals surface area contributed by atoms with Crippen LogP contribution in [0.4, 0.5) is 0 Å². The molecular weight excluding hydrogens is 134 g/mol. The SMILES string of the molecule is C[C@@H]1C2CC(CC23CC3)N1C. The van der Waals surface area contributed by atoms with Crippen molar-refractivity contribution in [1.82, 2.24) is 4.90 Å². The molecule has 2 bridgehead atoms. The van der Waals surface area contributed by atoms with E-state index in [2.05, 4.69) is 18.9 Å². The van der Waals surface area contributed by atoms with Crippen molar-refractivity contribution in [2.45, 2.75) is 44.7 Å². The Morgan fingerprint density at radius 1 is 1.36 bits per heavy atom. The van der Waals surface area contributed by atoms with E-state index in [0.717, 1.165) is 23.4 Å². The Balaban J connectivity index is 1.93. The predicted molar refractivity (Wildman–Crippen MR) is 45.4 cm³/mol. The number of rotatable bonds is 0. The van der Waals surface area contributed by atoms with Gasteiger partial charge < -0.3 is 4.90 Å². The third kappa shape index (κ3) is 0.618. The monoisotopic (exact) mass is 151 g/mol. The molecule has 0 amide bonds. The van der Waals surface area contributed by atoms with Gasteiger partial charge in [-0.2, -0.15) is 0 Å². The lowest BCUT2D eigenvalue weighted by Gasteiger charge is -2.34. The van der Waals surface area contributed by atoms with E-state index in [4.69, 9.17) is 0 Å². The highest BCUT2D eigenvalue weighted by atomic mass is 15.2. The number of nitrogens with zero attached hydrogens (tertiary/aromatic N) is 1. The molecule has 0 aromatic carbocycles. The summed E-state index contributed by atoms with van der Waals surface area (Å²) in [5, 5.41) is 0. The fourth-order valence-corrected chi connectivity index (χ4v) is 3.62. The Morgan fingerprint density at radius 2 is 2.09 bits per heavy atom. The lowest BCUT2D eigenvalue weighted by atomic mass is 9.86. The first-order chi connectivity index (χ1) is 5.23. The minimum Gasteiger partial charge on any atom is -0.300 e. The molecule has 0 aromatic heterocycles. The molecule has 3 fully saturated rings. The van der Waals surface area contributed by atoms with Crippen LogP contribution in [0, 0.1) is 11.3 Å². The van der Waals surface area contributed by atoms with Gasteiger partial charge in [-0.3, -0.25) is 0 Å². The lowest BCUT2D eigenvalue weighted by molar-refractivity contribution is 0.132. The maximum Gasteiger partial charge on any atom is 0.0104 e. The van der Waals surface area contributed by atoms with Crippen LogP contribution in [-0.2, 0) is 0 Å². The van der Waals surface area contributed by atoms with Crippen molar-refractivity contribution in [1.29, 1.82) is 0 Å².